The minimum atomic E-state index is 0.221. The van der Waals surface area contributed by atoms with Crippen molar-refractivity contribution in [1.82, 2.24) is 10.3 Å². The predicted octanol–water partition coefficient (Wildman–Crippen LogP) is 0.497. The lowest BCUT2D eigenvalue weighted by Crippen LogP contribution is -2.21. The van der Waals surface area contributed by atoms with Gasteiger partial charge in [-0.1, -0.05) is 6.07 Å². The zero-order valence-corrected chi connectivity index (χ0v) is 7.46. The number of aromatic nitrogens is 1. The van der Waals surface area contributed by atoms with Crippen LogP contribution in [0, 0.1) is 5.41 Å². The number of hydrogen-bond acceptors (Lipinski definition) is 3. The predicted molar refractivity (Wildman–Crippen MR) is 52.5 cm³/mol. The Morgan fingerprint density at radius 3 is 3.08 bits per heavy atom. The fourth-order valence-electron chi connectivity index (χ4n) is 0.958. The number of amidine groups is 1. The SMILES string of the molecule is N=C(N)CCNCc1cccnc1. The summed E-state index contributed by atoms with van der Waals surface area (Å²) < 4.78 is 0. The summed E-state index contributed by atoms with van der Waals surface area (Å²) in [6.45, 7) is 1.52. The minimum Gasteiger partial charge on any atom is -0.388 e. The van der Waals surface area contributed by atoms with Crippen LogP contribution in [0.2, 0.25) is 0 Å². The summed E-state index contributed by atoms with van der Waals surface area (Å²) in [5.41, 5.74) is 6.35. The van der Waals surface area contributed by atoms with Crippen LogP contribution < -0.4 is 11.1 Å². The Morgan fingerprint density at radius 1 is 1.62 bits per heavy atom. The molecule has 4 heteroatoms. The highest BCUT2D eigenvalue weighted by atomic mass is 14.9. The average molecular weight is 178 g/mol. The lowest BCUT2D eigenvalue weighted by Gasteiger charge is -2.02. The van der Waals surface area contributed by atoms with Gasteiger partial charge < -0.3 is 11.1 Å². The Morgan fingerprint density at radius 2 is 2.46 bits per heavy atom. The molecule has 4 nitrogen and oxygen atoms in total. The third-order valence-corrected chi connectivity index (χ3v) is 1.62. The summed E-state index contributed by atoms with van der Waals surface area (Å²) >= 11 is 0. The van der Waals surface area contributed by atoms with Crippen LogP contribution in [0.1, 0.15) is 12.0 Å². The van der Waals surface area contributed by atoms with Crippen molar-refractivity contribution in [3.05, 3.63) is 30.1 Å². The lowest BCUT2D eigenvalue weighted by atomic mass is 10.3. The Bertz CT molecular complexity index is 258. The summed E-state index contributed by atoms with van der Waals surface area (Å²) in [7, 11) is 0. The first-order valence-electron chi connectivity index (χ1n) is 4.21. The van der Waals surface area contributed by atoms with Crippen LogP contribution in [0.25, 0.3) is 0 Å². The Kier molecular flexibility index (Phi) is 3.92. The molecule has 0 aromatic carbocycles. The highest BCUT2D eigenvalue weighted by Gasteiger charge is 1.92. The molecule has 0 aliphatic carbocycles. The molecule has 70 valence electrons. The molecule has 0 amide bonds. The van der Waals surface area contributed by atoms with E-state index < -0.39 is 0 Å². The molecular formula is C9H14N4. The maximum absolute atomic E-state index is 7.00. The fraction of sp³-hybridized carbons (Fsp3) is 0.333. The largest absolute Gasteiger partial charge is 0.388 e. The Balaban J connectivity index is 2.17. The topological polar surface area (TPSA) is 74.8 Å². The molecular weight excluding hydrogens is 164 g/mol. The number of nitrogens with two attached hydrogens (primary N) is 1. The molecule has 0 spiro atoms. The Labute approximate surface area is 77.7 Å². The van der Waals surface area contributed by atoms with Crippen molar-refractivity contribution in [3.63, 3.8) is 0 Å². The molecule has 13 heavy (non-hydrogen) atoms. The van der Waals surface area contributed by atoms with Gasteiger partial charge in [-0.15, -0.1) is 0 Å². The molecule has 1 aromatic heterocycles. The maximum Gasteiger partial charge on any atom is 0.0918 e. The quantitative estimate of drug-likeness (QED) is 0.349. The molecule has 0 saturated heterocycles. The standard InChI is InChI=1S/C9H14N4/c10-9(11)3-5-13-7-8-2-1-4-12-6-8/h1-2,4,6,13H,3,5,7H2,(H3,10,11). The molecule has 0 bridgehead atoms. The van der Waals surface area contributed by atoms with Gasteiger partial charge in [0, 0.05) is 31.9 Å². The molecule has 0 aliphatic heterocycles. The lowest BCUT2D eigenvalue weighted by molar-refractivity contribution is 0.700. The van der Waals surface area contributed by atoms with Crippen LogP contribution in [-0.4, -0.2) is 17.4 Å². The minimum absolute atomic E-state index is 0.221. The number of nitrogens with zero attached hydrogens (tertiary/aromatic N) is 1. The molecule has 0 atom stereocenters. The van der Waals surface area contributed by atoms with Gasteiger partial charge in [0.15, 0.2) is 0 Å². The number of rotatable bonds is 5. The normalized spacial score (nSPS) is 9.85. The first-order valence-corrected chi connectivity index (χ1v) is 4.21. The van der Waals surface area contributed by atoms with Crippen LogP contribution in [0.3, 0.4) is 0 Å². The van der Waals surface area contributed by atoms with Crippen molar-refractivity contribution in [2.45, 2.75) is 13.0 Å². The molecule has 0 fully saturated rings. The summed E-state index contributed by atoms with van der Waals surface area (Å²) in [6.07, 6.45) is 4.17. The summed E-state index contributed by atoms with van der Waals surface area (Å²) in [4.78, 5) is 3.99. The summed E-state index contributed by atoms with van der Waals surface area (Å²) in [5, 5.41) is 10.2. The van der Waals surface area contributed by atoms with Gasteiger partial charge in [0.1, 0.15) is 0 Å². The van der Waals surface area contributed by atoms with Gasteiger partial charge in [0.25, 0.3) is 0 Å². The van der Waals surface area contributed by atoms with E-state index in [1.54, 1.807) is 6.20 Å². The van der Waals surface area contributed by atoms with E-state index in [4.69, 9.17) is 11.1 Å². The monoisotopic (exact) mass is 178 g/mol. The van der Waals surface area contributed by atoms with Crippen molar-refractivity contribution in [3.8, 4) is 0 Å². The molecule has 0 aliphatic rings. The second-order valence-electron chi connectivity index (χ2n) is 2.81. The van der Waals surface area contributed by atoms with Crippen molar-refractivity contribution < 1.29 is 0 Å². The zero-order valence-electron chi connectivity index (χ0n) is 7.46. The van der Waals surface area contributed by atoms with Gasteiger partial charge in [-0.3, -0.25) is 10.4 Å². The molecule has 1 rings (SSSR count). The molecule has 1 aromatic rings. The smallest absolute Gasteiger partial charge is 0.0918 e. The van der Waals surface area contributed by atoms with E-state index in [2.05, 4.69) is 10.3 Å². The van der Waals surface area contributed by atoms with Gasteiger partial charge in [0.2, 0.25) is 0 Å². The van der Waals surface area contributed by atoms with E-state index in [1.807, 2.05) is 18.3 Å². The molecule has 0 saturated carbocycles. The highest BCUT2D eigenvalue weighted by molar-refractivity contribution is 5.76. The number of hydrogen-bond donors (Lipinski definition) is 3. The molecule has 0 radical (unpaired) electrons. The molecule has 1 heterocycles. The Hall–Kier alpha value is -1.42. The maximum atomic E-state index is 7.00. The van der Waals surface area contributed by atoms with Gasteiger partial charge >= 0.3 is 0 Å². The number of nitrogens with one attached hydrogen (secondary N) is 2. The second-order valence-corrected chi connectivity index (χ2v) is 2.81. The van der Waals surface area contributed by atoms with E-state index >= 15 is 0 Å². The molecule has 4 N–H and O–H groups in total. The number of pyridine rings is 1. The first-order chi connectivity index (χ1) is 6.29. The fourth-order valence-corrected chi connectivity index (χ4v) is 0.958. The summed E-state index contributed by atoms with van der Waals surface area (Å²) in [5.74, 6) is 0.221. The second kappa shape index (κ2) is 5.27. The van der Waals surface area contributed by atoms with Crippen LogP contribution in [0.5, 0.6) is 0 Å². The van der Waals surface area contributed by atoms with E-state index in [-0.39, 0.29) is 5.84 Å². The van der Waals surface area contributed by atoms with E-state index in [0.29, 0.717) is 6.42 Å². The van der Waals surface area contributed by atoms with E-state index in [0.717, 1.165) is 18.7 Å². The van der Waals surface area contributed by atoms with Crippen molar-refractivity contribution >= 4 is 5.84 Å². The van der Waals surface area contributed by atoms with Crippen molar-refractivity contribution in [1.29, 1.82) is 5.41 Å². The van der Waals surface area contributed by atoms with Gasteiger partial charge in [-0.05, 0) is 11.6 Å². The highest BCUT2D eigenvalue weighted by Crippen LogP contribution is 1.93. The summed E-state index contributed by atoms with van der Waals surface area (Å²) in [6, 6.07) is 3.91. The third-order valence-electron chi connectivity index (χ3n) is 1.62. The van der Waals surface area contributed by atoms with Crippen LogP contribution >= 0.6 is 0 Å². The molecule has 0 unspecified atom stereocenters. The van der Waals surface area contributed by atoms with Crippen LogP contribution in [0.4, 0.5) is 0 Å². The van der Waals surface area contributed by atoms with Crippen LogP contribution in [-0.2, 0) is 6.54 Å². The van der Waals surface area contributed by atoms with Crippen molar-refractivity contribution in [2.75, 3.05) is 6.54 Å². The van der Waals surface area contributed by atoms with Crippen LogP contribution in [0.15, 0.2) is 24.5 Å². The van der Waals surface area contributed by atoms with Crippen molar-refractivity contribution in [2.24, 2.45) is 5.73 Å². The van der Waals surface area contributed by atoms with Gasteiger partial charge in [-0.25, -0.2) is 0 Å². The first kappa shape index (κ1) is 9.67. The zero-order chi connectivity index (χ0) is 9.52. The third kappa shape index (κ3) is 4.22. The van der Waals surface area contributed by atoms with E-state index in [1.165, 1.54) is 0 Å². The van der Waals surface area contributed by atoms with Gasteiger partial charge in [-0.2, -0.15) is 0 Å². The van der Waals surface area contributed by atoms with Gasteiger partial charge in [0.05, 0.1) is 5.84 Å². The van der Waals surface area contributed by atoms with E-state index in [9.17, 15) is 0 Å². The average Bonchev–Trinajstić information content (AvgIpc) is 2.14.